The van der Waals surface area contributed by atoms with Crippen LogP contribution in [-0.2, 0) is 14.3 Å². The van der Waals surface area contributed by atoms with Crippen molar-refractivity contribution in [1.82, 2.24) is 4.90 Å². The number of carbonyl (C=O) groups excluding carboxylic acids is 1. The number of carboxylic acid groups (broad SMARTS) is 1. The van der Waals surface area contributed by atoms with Crippen LogP contribution in [0.25, 0.3) is 0 Å². The molecule has 0 aromatic rings. The van der Waals surface area contributed by atoms with Crippen LogP contribution in [0.4, 0.5) is 0 Å². The van der Waals surface area contributed by atoms with Crippen molar-refractivity contribution >= 4 is 11.9 Å². The summed E-state index contributed by atoms with van der Waals surface area (Å²) in [6, 6.07) is 0. The first-order valence-corrected chi connectivity index (χ1v) is 7.02. The third-order valence-corrected chi connectivity index (χ3v) is 4.21. The van der Waals surface area contributed by atoms with E-state index in [2.05, 4.69) is 13.8 Å². The van der Waals surface area contributed by atoms with Crippen molar-refractivity contribution < 1.29 is 19.4 Å². The minimum atomic E-state index is -0.985. The number of ether oxygens (including phenoxy) is 1. The molecule has 2 unspecified atom stereocenters. The Kier molecular flexibility index (Phi) is 4.13. The summed E-state index contributed by atoms with van der Waals surface area (Å²) in [6.45, 7) is 5.42. The SMILES string of the molecule is CC1(C)CCCC(C(=O)N2CCOC(C(=O)O)C2)C1. The van der Waals surface area contributed by atoms with Crippen molar-refractivity contribution in [3.8, 4) is 0 Å². The van der Waals surface area contributed by atoms with E-state index in [0.717, 1.165) is 25.7 Å². The topological polar surface area (TPSA) is 66.8 Å². The van der Waals surface area contributed by atoms with Crippen LogP contribution in [0.5, 0.6) is 0 Å². The first-order valence-electron chi connectivity index (χ1n) is 7.02. The molecule has 5 nitrogen and oxygen atoms in total. The van der Waals surface area contributed by atoms with Gasteiger partial charge in [0.2, 0.25) is 5.91 Å². The number of rotatable bonds is 2. The van der Waals surface area contributed by atoms with Crippen LogP contribution in [0.2, 0.25) is 0 Å². The van der Waals surface area contributed by atoms with Crippen LogP contribution in [0.3, 0.4) is 0 Å². The largest absolute Gasteiger partial charge is 0.479 e. The summed E-state index contributed by atoms with van der Waals surface area (Å²) in [5, 5.41) is 8.97. The molecule has 1 saturated heterocycles. The number of morpholine rings is 1. The second kappa shape index (κ2) is 5.49. The zero-order chi connectivity index (χ0) is 14.0. The number of amides is 1. The van der Waals surface area contributed by atoms with Crippen molar-refractivity contribution in [2.75, 3.05) is 19.7 Å². The molecule has 0 aromatic carbocycles. The Balaban J connectivity index is 1.97. The van der Waals surface area contributed by atoms with Gasteiger partial charge in [0, 0.05) is 12.5 Å². The standard InChI is InChI=1S/C14H23NO4/c1-14(2)5-3-4-10(8-14)12(16)15-6-7-19-11(9-15)13(17)18/h10-11H,3-9H2,1-2H3,(H,17,18). The third kappa shape index (κ3) is 3.47. The minimum Gasteiger partial charge on any atom is -0.479 e. The van der Waals surface area contributed by atoms with Gasteiger partial charge in [0.05, 0.1) is 13.2 Å². The van der Waals surface area contributed by atoms with E-state index in [4.69, 9.17) is 9.84 Å². The predicted molar refractivity (Wildman–Crippen MR) is 69.7 cm³/mol. The molecular formula is C14H23NO4. The summed E-state index contributed by atoms with van der Waals surface area (Å²) in [7, 11) is 0. The number of carbonyl (C=O) groups is 2. The van der Waals surface area contributed by atoms with Crippen molar-refractivity contribution in [2.45, 2.75) is 45.6 Å². The summed E-state index contributed by atoms with van der Waals surface area (Å²) in [6.07, 6.45) is 3.21. The van der Waals surface area contributed by atoms with E-state index >= 15 is 0 Å². The van der Waals surface area contributed by atoms with Crippen LogP contribution >= 0.6 is 0 Å². The maximum atomic E-state index is 12.5. The lowest BCUT2D eigenvalue weighted by Gasteiger charge is -2.38. The predicted octanol–water partition coefficient (Wildman–Crippen LogP) is 1.51. The van der Waals surface area contributed by atoms with Gasteiger partial charge in [0.1, 0.15) is 0 Å². The van der Waals surface area contributed by atoms with Gasteiger partial charge >= 0.3 is 5.97 Å². The van der Waals surface area contributed by atoms with Crippen LogP contribution in [0.15, 0.2) is 0 Å². The molecule has 0 radical (unpaired) electrons. The van der Waals surface area contributed by atoms with Crippen molar-refractivity contribution in [1.29, 1.82) is 0 Å². The molecule has 0 aromatic heterocycles. The second-order valence-corrected chi connectivity index (χ2v) is 6.44. The number of carboxylic acids is 1. The molecule has 1 amide bonds. The first-order chi connectivity index (χ1) is 8.89. The lowest BCUT2D eigenvalue weighted by atomic mass is 9.72. The van der Waals surface area contributed by atoms with Gasteiger partial charge in [-0.1, -0.05) is 20.3 Å². The monoisotopic (exact) mass is 269 g/mol. The number of aliphatic carboxylic acids is 1. The van der Waals surface area contributed by atoms with E-state index in [-0.39, 0.29) is 23.8 Å². The highest BCUT2D eigenvalue weighted by atomic mass is 16.5. The zero-order valence-electron chi connectivity index (χ0n) is 11.7. The van der Waals surface area contributed by atoms with Gasteiger partial charge in [-0.25, -0.2) is 4.79 Å². The smallest absolute Gasteiger partial charge is 0.334 e. The van der Waals surface area contributed by atoms with Crippen LogP contribution in [0, 0.1) is 11.3 Å². The number of hydrogen-bond donors (Lipinski definition) is 1. The first kappa shape index (κ1) is 14.3. The lowest BCUT2D eigenvalue weighted by molar-refractivity contribution is -0.161. The fraction of sp³-hybridized carbons (Fsp3) is 0.857. The van der Waals surface area contributed by atoms with E-state index < -0.39 is 12.1 Å². The van der Waals surface area contributed by atoms with E-state index in [1.165, 1.54) is 0 Å². The van der Waals surface area contributed by atoms with Crippen LogP contribution in [-0.4, -0.2) is 47.7 Å². The van der Waals surface area contributed by atoms with Gasteiger partial charge in [0.15, 0.2) is 6.10 Å². The highest BCUT2D eigenvalue weighted by molar-refractivity contribution is 5.80. The average molecular weight is 269 g/mol. The minimum absolute atomic E-state index is 0.0521. The van der Waals surface area contributed by atoms with Gasteiger partial charge in [-0.3, -0.25) is 4.79 Å². The molecule has 1 saturated carbocycles. The number of nitrogens with zero attached hydrogens (tertiary/aromatic N) is 1. The molecule has 1 aliphatic carbocycles. The molecule has 5 heteroatoms. The van der Waals surface area contributed by atoms with Crippen molar-refractivity contribution in [3.05, 3.63) is 0 Å². The quantitative estimate of drug-likeness (QED) is 0.825. The Morgan fingerprint density at radius 3 is 2.74 bits per heavy atom. The Bertz CT molecular complexity index is 366. The van der Waals surface area contributed by atoms with E-state index in [0.29, 0.717) is 13.2 Å². The summed E-state index contributed by atoms with van der Waals surface area (Å²) < 4.78 is 5.15. The summed E-state index contributed by atoms with van der Waals surface area (Å²) >= 11 is 0. The molecule has 2 aliphatic rings. The maximum absolute atomic E-state index is 12.5. The highest BCUT2D eigenvalue weighted by Crippen LogP contribution is 2.39. The van der Waals surface area contributed by atoms with E-state index in [1.54, 1.807) is 4.90 Å². The maximum Gasteiger partial charge on any atom is 0.334 e. The third-order valence-electron chi connectivity index (χ3n) is 4.21. The van der Waals surface area contributed by atoms with Gasteiger partial charge in [0.25, 0.3) is 0 Å². The Labute approximate surface area is 113 Å². The van der Waals surface area contributed by atoms with Gasteiger partial charge in [-0.05, 0) is 24.7 Å². The lowest BCUT2D eigenvalue weighted by Crippen LogP contribution is -2.51. The fourth-order valence-electron chi connectivity index (χ4n) is 3.17. The molecule has 0 spiro atoms. The van der Waals surface area contributed by atoms with E-state index in [9.17, 15) is 9.59 Å². The fourth-order valence-corrected chi connectivity index (χ4v) is 3.17. The zero-order valence-corrected chi connectivity index (χ0v) is 11.7. The summed E-state index contributed by atoms with van der Waals surface area (Å²) in [5.74, 6) is -0.819. The molecule has 108 valence electrons. The normalized spacial score (nSPS) is 30.9. The molecule has 1 N–H and O–H groups in total. The summed E-state index contributed by atoms with van der Waals surface area (Å²) in [4.78, 5) is 25.1. The van der Waals surface area contributed by atoms with E-state index in [1.807, 2.05) is 0 Å². The van der Waals surface area contributed by atoms with Crippen molar-refractivity contribution in [3.63, 3.8) is 0 Å². The molecule has 19 heavy (non-hydrogen) atoms. The van der Waals surface area contributed by atoms with Gasteiger partial charge in [-0.2, -0.15) is 0 Å². The molecular weight excluding hydrogens is 246 g/mol. The molecule has 1 heterocycles. The highest BCUT2D eigenvalue weighted by Gasteiger charge is 2.36. The Morgan fingerprint density at radius 2 is 2.11 bits per heavy atom. The molecule has 2 rings (SSSR count). The molecule has 1 aliphatic heterocycles. The second-order valence-electron chi connectivity index (χ2n) is 6.44. The molecule has 2 atom stereocenters. The Hall–Kier alpha value is -1.10. The number of hydrogen-bond acceptors (Lipinski definition) is 3. The summed E-state index contributed by atoms with van der Waals surface area (Å²) in [5.41, 5.74) is 0.219. The average Bonchev–Trinajstić information content (AvgIpc) is 2.37. The molecule has 2 fully saturated rings. The van der Waals surface area contributed by atoms with Gasteiger partial charge < -0.3 is 14.7 Å². The van der Waals surface area contributed by atoms with Crippen LogP contribution in [0.1, 0.15) is 39.5 Å². The Morgan fingerprint density at radius 1 is 1.37 bits per heavy atom. The van der Waals surface area contributed by atoms with Crippen molar-refractivity contribution in [2.24, 2.45) is 11.3 Å². The van der Waals surface area contributed by atoms with Crippen LogP contribution < -0.4 is 0 Å². The van der Waals surface area contributed by atoms with Gasteiger partial charge in [-0.15, -0.1) is 0 Å². The molecule has 0 bridgehead atoms.